The first kappa shape index (κ1) is 14.8. The SMILES string of the molecule is Cc1ccc(OCC2CN(C)CCO2)c(CNC2CC2)c1. The molecule has 3 rings (SSSR count). The highest BCUT2D eigenvalue weighted by Gasteiger charge is 2.21. The fourth-order valence-corrected chi connectivity index (χ4v) is 2.68. The maximum absolute atomic E-state index is 6.04. The highest BCUT2D eigenvalue weighted by Crippen LogP contribution is 2.24. The van der Waals surface area contributed by atoms with Crippen molar-refractivity contribution in [3.63, 3.8) is 0 Å². The Hall–Kier alpha value is -1.10. The third kappa shape index (κ3) is 4.43. The summed E-state index contributed by atoms with van der Waals surface area (Å²) in [7, 11) is 2.13. The second kappa shape index (κ2) is 6.77. The predicted octanol–water partition coefficient (Wildman–Crippen LogP) is 1.96. The van der Waals surface area contributed by atoms with E-state index in [4.69, 9.17) is 9.47 Å². The van der Waals surface area contributed by atoms with E-state index in [2.05, 4.69) is 42.4 Å². The van der Waals surface area contributed by atoms with Gasteiger partial charge in [-0.2, -0.15) is 0 Å². The topological polar surface area (TPSA) is 33.7 Å². The van der Waals surface area contributed by atoms with Crippen molar-refractivity contribution in [2.45, 2.75) is 38.5 Å². The Morgan fingerprint density at radius 1 is 1.38 bits per heavy atom. The Morgan fingerprint density at radius 3 is 3.00 bits per heavy atom. The van der Waals surface area contributed by atoms with Crippen LogP contribution in [0.15, 0.2) is 18.2 Å². The van der Waals surface area contributed by atoms with E-state index in [0.717, 1.165) is 32.0 Å². The van der Waals surface area contributed by atoms with Crippen LogP contribution in [0.25, 0.3) is 0 Å². The molecule has 0 radical (unpaired) electrons. The maximum Gasteiger partial charge on any atom is 0.123 e. The van der Waals surface area contributed by atoms with E-state index in [9.17, 15) is 0 Å². The van der Waals surface area contributed by atoms with Gasteiger partial charge >= 0.3 is 0 Å². The lowest BCUT2D eigenvalue weighted by Crippen LogP contribution is -2.42. The van der Waals surface area contributed by atoms with Crippen LogP contribution in [0, 0.1) is 6.92 Å². The summed E-state index contributed by atoms with van der Waals surface area (Å²) in [5.41, 5.74) is 2.54. The van der Waals surface area contributed by atoms with Crippen LogP contribution in [0.5, 0.6) is 5.75 Å². The zero-order chi connectivity index (χ0) is 14.7. The van der Waals surface area contributed by atoms with Gasteiger partial charge in [-0.25, -0.2) is 0 Å². The van der Waals surface area contributed by atoms with Gasteiger partial charge in [0.2, 0.25) is 0 Å². The summed E-state index contributed by atoms with van der Waals surface area (Å²) >= 11 is 0. The van der Waals surface area contributed by atoms with Crippen molar-refractivity contribution in [1.82, 2.24) is 10.2 Å². The van der Waals surface area contributed by atoms with Gasteiger partial charge < -0.3 is 19.7 Å². The van der Waals surface area contributed by atoms with Crippen molar-refractivity contribution in [1.29, 1.82) is 0 Å². The molecule has 21 heavy (non-hydrogen) atoms. The van der Waals surface area contributed by atoms with Crippen LogP contribution < -0.4 is 10.1 Å². The quantitative estimate of drug-likeness (QED) is 0.868. The first-order valence-electron chi connectivity index (χ1n) is 7.96. The Bertz CT molecular complexity index is 474. The molecule has 2 aliphatic rings. The van der Waals surface area contributed by atoms with Crippen molar-refractivity contribution < 1.29 is 9.47 Å². The second-order valence-electron chi connectivity index (χ2n) is 6.33. The molecule has 4 nitrogen and oxygen atoms in total. The van der Waals surface area contributed by atoms with Gasteiger partial charge in [-0.1, -0.05) is 17.7 Å². The number of ether oxygens (including phenoxy) is 2. The third-order valence-corrected chi connectivity index (χ3v) is 4.14. The Labute approximate surface area is 127 Å². The number of hydrogen-bond donors (Lipinski definition) is 1. The molecule has 0 amide bonds. The summed E-state index contributed by atoms with van der Waals surface area (Å²) in [6, 6.07) is 7.14. The van der Waals surface area contributed by atoms with E-state index in [1.165, 1.54) is 24.0 Å². The smallest absolute Gasteiger partial charge is 0.123 e. The number of morpholine rings is 1. The summed E-state index contributed by atoms with van der Waals surface area (Å²) in [5, 5.41) is 3.57. The zero-order valence-electron chi connectivity index (χ0n) is 13.1. The molecule has 2 fully saturated rings. The number of nitrogens with zero attached hydrogens (tertiary/aromatic N) is 1. The fourth-order valence-electron chi connectivity index (χ4n) is 2.68. The molecular weight excluding hydrogens is 264 g/mol. The normalized spacial score (nSPS) is 23.2. The second-order valence-corrected chi connectivity index (χ2v) is 6.33. The zero-order valence-corrected chi connectivity index (χ0v) is 13.1. The Kier molecular flexibility index (Phi) is 4.78. The lowest BCUT2D eigenvalue weighted by atomic mass is 10.1. The molecule has 1 aromatic carbocycles. The van der Waals surface area contributed by atoms with E-state index in [1.54, 1.807) is 0 Å². The molecule has 1 heterocycles. The molecule has 0 bridgehead atoms. The van der Waals surface area contributed by atoms with E-state index in [-0.39, 0.29) is 6.10 Å². The highest BCUT2D eigenvalue weighted by molar-refractivity contribution is 5.37. The number of rotatable bonds is 6. The largest absolute Gasteiger partial charge is 0.490 e. The summed E-state index contributed by atoms with van der Waals surface area (Å²) in [5.74, 6) is 0.991. The van der Waals surface area contributed by atoms with Crippen LogP contribution in [0.2, 0.25) is 0 Å². The predicted molar refractivity (Wildman–Crippen MR) is 83.8 cm³/mol. The number of aryl methyl sites for hydroxylation is 1. The van der Waals surface area contributed by atoms with Crippen LogP contribution in [0.3, 0.4) is 0 Å². The molecule has 0 spiro atoms. The minimum Gasteiger partial charge on any atom is -0.490 e. The summed E-state index contributed by atoms with van der Waals surface area (Å²) in [4.78, 5) is 2.29. The molecule has 1 atom stereocenters. The van der Waals surface area contributed by atoms with E-state index >= 15 is 0 Å². The van der Waals surface area contributed by atoms with Gasteiger partial charge in [0, 0.05) is 31.2 Å². The minimum absolute atomic E-state index is 0.175. The van der Waals surface area contributed by atoms with Crippen LogP contribution >= 0.6 is 0 Å². The molecule has 0 aromatic heterocycles. The summed E-state index contributed by atoms with van der Waals surface area (Å²) < 4.78 is 11.8. The van der Waals surface area contributed by atoms with Crippen LogP contribution in [-0.2, 0) is 11.3 Å². The molecule has 1 unspecified atom stereocenters. The van der Waals surface area contributed by atoms with Crippen molar-refractivity contribution in [3.8, 4) is 5.75 Å². The third-order valence-electron chi connectivity index (χ3n) is 4.14. The molecule has 1 saturated carbocycles. The molecule has 4 heteroatoms. The van der Waals surface area contributed by atoms with Crippen molar-refractivity contribution in [3.05, 3.63) is 29.3 Å². The number of benzene rings is 1. The standard InChI is InChI=1S/C17H26N2O2/c1-13-3-6-17(14(9-13)10-18-15-4-5-15)21-12-16-11-19(2)7-8-20-16/h3,6,9,15-16,18H,4-5,7-8,10-12H2,1-2H3. The molecule has 1 aliphatic carbocycles. The lowest BCUT2D eigenvalue weighted by Gasteiger charge is -2.30. The van der Waals surface area contributed by atoms with Crippen LogP contribution in [0.4, 0.5) is 0 Å². The average molecular weight is 290 g/mol. The maximum atomic E-state index is 6.04. The van der Waals surface area contributed by atoms with Gasteiger partial charge in [-0.3, -0.25) is 0 Å². The van der Waals surface area contributed by atoms with Gasteiger partial charge in [-0.05, 0) is 32.9 Å². The highest BCUT2D eigenvalue weighted by atomic mass is 16.5. The van der Waals surface area contributed by atoms with E-state index in [0.29, 0.717) is 12.6 Å². The first-order chi connectivity index (χ1) is 10.2. The number of hydrogen-bond acceptors (Lipinski definition) is 4. The van der Waals surface area contributed by atoms with Gasteiger partial charge in [0.25, 0.3) is 0 Å². The molecular formula is C17H26N2O2. The van der Waals surface area contributed by atoms with Gasteiger partial charge in [0.15, 0.2) is 0 Å². The fraction of sp³-hybridized carbons (Fsp3) is 0.647. The molecule has 1 aromatic rings. The number of nitrogens with one attached hydrogen (secondary N) is 1. The van der Waals surface area contributed by atoms with Gasteiger partial charge in [0.05, 0.1) is 6.61 Å². The van der Waals surface area contributed by atoms with E-state index < -0.39 is 0 Å². The molecule has 1 aliphatic heterocycles. The molecule has 116 valence electrons. The van der Waals surface area contributed by atoms with Crippen molar-refractivity contribution in [2.75, 3.05) is 33.4 Å². The van der Waals surface area contributed by atoms with Crippen molar-refractivity contribution in [2.24, 2.45) is 0 Å². The summed E-state index contributed by atoms with van der Waals surface area (Å²) in [6.45, 7) is 6.41. The van der Waals surface area contributed by atoms with Gasteiger partial charge in [0.1, 0.15) is 18.5 Å². The summed E-state index contributed by atoms with van der Waals surface area (Å²) in [6.07, 6.45) is 2.79. The Balaban J connectivity index is 1.57. The first-order valence-corrected chi connectivity index (χ1v) is 7.96. The minimum atomic E-state index is 0.175. The van der Waals surface area contributed by atoms with Gasteiger partial charge in [-0.15, -0.1) is 0 Å². The van der Waals surface area contributed by atoms with Crippen LogP contribution in [0.1, 0.15) is 24.0 Å². The van der Waals surface area contributed by atoms with Crippen LogP contribution in [-0.4, -0.2) is 50.4 Å². The number of likely N-dealkylation sites (N-methyl/N-ethyl adjacent to an activating group) is 1. The van der Waals surface area contributed by atoms with Crippen molar-refractivity contribution >= 4 is 0 Å². The molecule has 1 saturated heterocycles. The average Bonchev–Trinajstić information content (AvgIpc) is 3.28. The monoisotopic (exact) mass is 290 g/mol. The Morgan fingerprint density at radius 2 is 2.24 bits per heavy atom. The molecule has 1 N–H and O–H groups in total. The van der Waals surface area contributed by atoms with E-state index in [1.807, 2.05) is 0 Å². The lowest BCUT2D eigenvalue weighted by molar-refractivity contribution is -0.0404.